The number of hydrogen-bond donors (Lipinski definition) is 1. The molecule has 0 amide bonds. The van der Waals surface area contributed by atoms with Crippen molar-refractivity contribution in [2.45, 2.75) is 0 Å². The summed E-state index contributed by atoms with van der Waals surface area (Å²) in [5, 5.41) is 1.06. The highest BCUT2D eigenvalue weighted by atomic mass is 15.0. The van der Waals surface area contributed by atoms with E-state index in [1.54, 1.807) is 37.1 Å². The number of pyridine rings is 1. The van der Waals surface area contributed by atoms with Crippen LogP contribution in [0.5, 0.6) is 0 Å². The van der Waals surface area contributed by atoms with Gasteiger partial charge in [0.15, 0.2) is 11.6 Å². The van der Waals surface area contributed by atoms with Crippen LogP contribution in [0.3, 0.4) is 0 Å². The third-order valence-corrected chi connectivity index (χ3v) is 3.15. The zero-order valence-corrected chi connectivity index (χ0v) is 10.9. The molecule has 0 spiro atoms. The third kappa shape index (κ3) is 2.12. The quantitative estimate of drug-likeness (QED) is 0.607. The molecule has 0 aliphatic carbocycles. The van der Waals surface area contributed by atoms with Crippen molar-refractivity contribution in [3.63, 3.8) is 0 Å². The van der Waals surface area contributed by atoms with Crippen LogP contribution in [0.1, 0.15) is 0 Å². The van der Waals surface area contributed by atoms with Crippen LogP contribution in [-0.4, -0.2) is 29.9 Å². The maximum absolute atomic E-state index is 4.36. The van der Waals surface area contributed by atoms with E-state index in [1.165, 1.54) is 0 Å². The molecular formula is C15H10N6. The van der Waals surface area contributed by atoms with Crippen molar-refractivity contribution >= 4 is 11.0 Å². The molecule has 0 bridgehead atoms. The Hall–Kier alpha value is -3.15. The van der Waals surface area contributed by atoms with Gasteiger partial charge in [-0.25, -0.2) is 24.9 Å². The largest absolute Gasteiger partial charge is 0.346 e. The fourth-order valence-corrected chi connectivity index (χ4v) is 2.10. The van der Waals surface area contributed by atoms with Crippen LogP contribution in [0.2, 0.25) is 0 Å². The van der Waals surface area contributed by atoms with Crippen LogP contribution in [0.15, 0.2) is 55.4 Å². The summed E-state index contributed by atoms with van der Waals surface area (Å²) in [6, 6.07) is 5.80. The van der Waals surface area contributed by atoms with Crippen LogP contribution in [0.4, 0.5) is 0 Å². The molecule has 4 aromatic heterocycles. The monoisotopic (exact) mass is 274 g/mol. The van der Waals surface area contributed by atoms with Crippen LogP contribution in [0.25, 0.3) is 33.8 Å². The number of nitrogens with one attached hydrogen (secondary N) is 1. The summed E-state index contributed by atoms with van der Waals surface area (Å²) in [5.74, 6) is 1.03. The average Bonchev–Trinajstić information content (AvgIpc) is 3.03. The van der Waals surface area contributed by atoms with Crippen molar-refractivity contribution in [2.75, 3.05) is 0 Å². The average molecular weight is 274 g/mol. The molecule has 0 atom stereocenters. The topological polar surface area (TPSA) is 80.2 Å². The van der Waals surface area contributed by atoms with Gasteiger partial charge in [0.2, 0.25) is 0 Å². The van der Waals surface area contributed by atoms with E-state index < -0.39 is 0 Å². The summed E-state index contributed by atoms with van der Waals surface area (Å²) in [6.07, 6.45) is 10.5. The van der Waals surface area contributed by atoms with E-state index in [-0.39, 0.29) is 0 Å². The lowest BCUT2D eigenvalue weighted by atomic mass is 10.1. The first-order valence-corrected chi connectivity index (χ1v) is 6.43. The summed E-state index contributed by atoms with van der Waals surface area (Å²) in [7, 11) is 0. The number of nitrogens with zero attached hydrogens (tertiary/aromatic N) is 5. The lowest BCUT2D eigenvalue weighted by Crippen LogP contribution is -1.94. The Labute approximate surface area is 120 Å². The number of fused-ring (bicyclic) bond motifs is 1. The molecule has 4 rings (SSSR count). The SMILES string of the molecule is c1cnc(-c2ncc(-c3cnc4[nH]ccc4c3)cn2)nc1. The Balaban J connectivity index is 1.72. The third-order valence-electron chi connectivity index (χ3n) is 3.15. The zero-order chi connectivity index (χ0) is 14.1. The first-order chi connectivity index (χ1) is 10.4. The molecule has 0 aliphatic heterocycles. The Morgan fingerprint density at radius 2 is 1.48 bits per heavy atom. The van der Waals surface area contributed by atoms with E-state index in [1.807, 2.05) is 12.3 Å². The lowest BCUT2D eigenvalue weighted by Gasteiger charge is -2.02. The summed E-state index contributed by atoms with van der Waals surface area (Å²) < 4.78 is 0. The maximum Gasteiger partial charge on any atom is 0.197 e. The van der Waals surface area contributed by atoms with E-state index in [4.69, 9.17) is 0 Å². The number of aromatic amines is 1. The molecule has 6 nitrogen and oxygen atoms in total. The van der Waals surface area contributed by atoms with E-state index in [9.17, 15) is 0 Å². The van der Waals surface area contributed by atoms with E-state index in [0.717, 1.165) is 22.2 Å². The van der Waals surface area contributed by atoms with Gasteiger partial charge in [0.25, 0.3) is 0 Å². The summed E-state index contributed by atoms with van der Waals surface area (Å²) in [4.78, 5) is 24.3. The molecule has 0 saturated carbocycles. The molecular weight excluding hydrogens is 264 g/mol. The van der Waals surface area contributed by atoms with Crippen molar-refractivity contribution in [1.82, 2.24) is 29.9 Å². The number of aromatic nitrogens is 6. The highest BCUT2D eigenvalue weighted by Gasteiger charge is 2.06. The van der Waals surface area contributed by atoms with Gasteiger partial charge >= 0.3 is 0 Å². The Bertz CT molecular complexity index is 883. The minimum atomic E-state index is 0.509. The van der Waals surface area contributed by atoms with Gasteiger partial charge in [0, 0.05) is 53.7 Å². The molecule has 0 aliphatic rings. The van der Waals surface area contributed by atoms with Crippen LogP contribution in [-0.2, 0) is 0 Å². The van der Waals surface area contributed by atoms with Gasteiger partial charge in [-0.3, -0.25) is 0 Å². The summed E-state index contributed by atoms with van der Waals surface area (Å²) in [6.45, 7) is 0. The summed E-state index contributed by atoms with van der Waals surface area (Å²) in [5.41, 5.74) is 2.75. The predicted octanol–water partition coefficient (Wildman–Crippen LogP) is 2.48. The standard InChI is InChI=1S/C15H10N6/c1-3-16-14(17-4-1)15-20-8-12(9-21-15)11-6-10-2-5-18-13(10)19-7-11/h1-9H,(H,18,19). The molecule has 4 heterocycles. The zero-order valence-electron chi connectivity index (χ0n) is 10.9. The van der Waals surface area contributed by atoms with Gasteiger partial charge in [0.1, 0.15) is 5.65 Å². The van der Waals surface area contributed by atoms with Crippen LogP contribution >= 0.6 is 0 Å². The molecule has 21 heavy (non-hydrogen) atoms. The number of hydrogen-bond acceptors (Lipinski definition) is 5. The molecule has 0 saturated heterocycles. The molecule has 0 fully saturated rings. The minimum absolute atomic E-state index is 0.509. The van der Waals surface area contributed by atoms with Crippen molar-refractivity contribution in [3.05, 3.63) is 55.4 Å². The van der Waals surface area contributed by atoms with Gasteiger partial charge in [-0.1, -0.05) is 0 Å². The van der Waals surface area contributed by atoms with Gasteiger partial charge in [-0.2, -0.15) is 0 Å². The molecule has 6 heteroatoms. The van der Waals surface area contributed by atoms with Gasteiger partial charge in [0.05, 0.1) is 0 Å². The van der Waals surface area contributed by atoms with Gasteiger partial charge in [-0.05, 0) is 18.2 Å². The number of rotatable bonds is 2. The van der Waals surface area contributed by atoms with Gasteiger partial charge < -0.3 is 4.98 Å². The van der Waals surface area contributed by atoms with E-state index in [0.29, 0.717) is 11.6 Å². The van der Waals surface area contributed by atoms with E-state index in [2.05, 4.69) is 36.0 Å². The van der Waals surface area contributed by atoms with Crippen molar-refractivity contribution in [1.29, 1.82) is 0 Å². The van der Waals surface area contributed by atoms with Crippen molar-refractivity contribution in [2.24, 2.45) is 0 Å². The fourth-order valence-electron chi connectivity index (χ4n) is 2.10. The van der Waals surface area contributed by atoms with Crippen LogP contribution in [0, 0.1) is 0 Å². The minimum Gasteiger partial charge on any atom is -0.346 e. The molecule has 0 radical (unpaired) electrons. The smallest absolute Gasteiger partial charge is 0.197 e. The molecule has 0 aromatic carbocycles. The second-order valence-corrected chi connectivity index (χ2v) is 4.51. The normalized spacial score (nSPS) is 10.9. The second-order valence-electron chi connectivity index (χ2n) is 4.51. The lowest BCUT2D eigenvalue weighted by molar-refractivity contribution is 1.08. The highest BCUT2D eigenvalue weighted by Crippen LogP contribution is 2.21. The van der Waals surface area contributed by atoms with Crippen molar-refractivity contribution in [3.8, 4) is 22.8 Å². The first-order valence-electron chi connectivity index (χ1n) is 6.43. The predicted molar refractivity (Wildman–Crippen MR) is 78.1 cm³/mol. The maximum atomic E-state index is 4.36. The Morgan fingerprint density at radius 1 is 0.762 bits per heavy atom. The molecule has 0 unspecified atom stereocenters. The second kappa shape index (κ2) is 4.75. The van der Waals surface area contributed by atoms with Gasteiger partial charge in [-0.15, -0.1) is 0 Å². The van der Waals surface area contributed by atoms with Crippen molar-refractivity contribution < 1.29 is 0 Å². The molecule has 1 N–H and O–H groups in total. The highest BCUT2D eigenvalue weighted by molar-refractivity contribution is 5.81. The van der Waals surface area contributed by atoms with Crippen LogP contribution < -0.4 is 0 Å². The fraction of sp³-hybridized carbons (Fsp3) is 0. The Kier molecular flexibility index (Phi) is 2.64. The van der Waals surface area contributed by atoms with E-state index >= 15 is 0 Å². The summed E-state index contributed by atoms with van der Waals surface area (Å²) >= 11 is 0. The Morgan fingerprint density at radius 3 is 2.29 bits per heavy atom. The molecule has 100 valence electrons. The first kappa shape index (κ1) is 11.7. The number of H-pyrrole nitrogens is 1. The molecule has 4 aromatic rings.